The second kappa shape index (κ2) is 7.25. The molecule has 6 nitrogen and oxygen atoms in total. The zero-order valence-corrected chi connectivity index (χ0v) is 14.6. The minimum Gasteiger partial charge on any atom is -0.325 e. The zero-order valence-electron chi connectivity index (χ0n) is 14.6. The number of amides is 1. The summed E-state index contributed by atoms with van der Waals surface area (Å²) in [5.74, 6) is -0.265. The first-order chi connectivity index (χ1) is 12.0. The lowest BCUT2D eigenvalue weighted by Gasteiger charge is -2.15. The summed E-state index contributed by atoms with van der Waals surface area (Å²) in [5, 5.41) is 17.1. The number of tetrazole rings is 1. The number of nitrogens with zero attached hydrogens (tertiary/aromatic N) is 3. The molecule has 128 valence electrons. The number of H-pyrrole nitrogens is 1. The number of aromatic nitrogens is 4. The number of hydrogen-bond acceptors (Lipinski definition) is 4. The second-order valence-corrected chi connectivity index (χ2v) is 6.32. The second-order valence-electron chi connectivity index (χ2n) is 6.32. The summed E-state index contributed by atoms with van der Waals surface area (Å²) >= 11 is 0. The van der Waals surface area contributed by atoms with Crippen LogP contribution >= 0.6 is 0 Å². The monoisotopic (exact) mass is 335 g/mol. The van der Waals surface area contributed by atoms with Gasteiger partial charge in [-0.05, 0) is 44.4 Å². The van der Waals surface area contributed by atoms with Crippen LogP contribution in [0.25, 0.3) is 0 Å². The van der Waals surface area contributed by atoms with Crippen LogP contribution in [0, 0.1) is 20.8 Å². The molecular formula is C19H21N5O. The van der Waals surface area contributed by atoms with Gasteiger partial charge in [0.25, 0.3) is 0 Å². The predicted octanol–water partition coefficient (Wildman–Crippen LogP) is 3.09. The van der Waals surface area contributed by atoms with Crippen molar-refractivity contribution in [1.29, 1.82) is 0 Å². The van der Waals surface area contributed by atoms with E-state index in [1.54, 1.807) is 0 Å². The highest BCUT2D eigenvalue weighted by Gasteiger charge is 2.25. The van der Waals surface area contributed by atoms with Crippen LogP contribution in [0.1, 0.15) is 34.0 Å². The van der Waals surface area contributed by atoms with Gasteiger partial charge in [0.1, 0.15) is 5.92 Å². The first-order valence-corrected chi connectivity index (χ1v) is 8.20. The van der Waals surface area contributed by atoms with Crippen LogP contribution in [0.3, 0.4) is 0 Å². The van der Waals surface area contributed by atoms with E-state index in [1.807, 2.05) is 63.2 Å². The Labute approximate surface area is 146 Å². The summed E-state index contributed by atoms with van der Waals surface area (Å²) < 4.78 is 0. The van der Waals surface area contributed by atoms with Gasteiger partial charge in [0.2, 0.25) is 5.91 Å². The van der Waals surface area contributed by atoms with E-state index in [4.69, 9.17) is 0 Å². The van der Waals surface area contributed by atoms with Crippen molar-refractivity contribution in [2.24, 2.45) is 0 Å². The highest BCUT2D eigenvalue weighted by Crippen LogP contribution is 2.22. The lowest BCUT2D eigenvalue weighted by molar-refractivity contribution is -0.117. The number of carbonyl (C=O) groups is 1. The normalized spacial score (nSPS) is 12.0. The van der Waals surface area contributed by atoms with Gasteiger partial charge in [-0.15, -0.1) is 10.2 Å². The molecule has 0 spiro atoms. The summed E-state index contributed by atoms with van der Waals surface area (Å²) in [5.41, 5.74) is 5.21. The Hall–Kier alpha value is -3.02. The zero-order chi connectivity index (χ0) is 17.8. The van der Waals surface area contributed by atoms with E-state index in [9.17, 15) is 4.79 Å². The van der Waals surface area contributed by atoms with E-state index in [0.717, 1.165) is 22.4 Å². The van der Waals surface area contributed by atoms with Crippen molar-refractivity contribution in [1.82, 2.24) is 20.6 Å². The third kappa shape index (κ3) is 4.09. The summed E-state index contributed by atoms with van der Waals surface area (Å²) in [7, 11) is 0. The van der Waals surface area contributed by atoms with Crippen LogP contribution in [0.4, 0.5) is 5.69 Å². The average Bonchev–Trinajstić information content (AvgIpc) is 3.11. The molecule has 0 saturated carbocycles. The molecule has 2 aromatic carbocycles. The molecule has 0 bridgehead atoms. The Morgan fingerprint density at radius 1 is 1.08 bits per heavy atom. The van der Waals surface area contributed by atoms with Crippen LogP contribution in [0.15, 0.2) is 42.5 Å². The molecular weight excluding hydrogens is 314 g/mol. The molecule has 3 aromatic rings. The van der Waals surface area contributed by atoms with E-state index >= 15 is 0 Å². The van der Waals surface area contributed by atoms with E-state index in [0.29, 0.717) is 12.2 Å². The summed E-state index contributed by atoms with van der Waals surface area (Å²) in [6, 6.07) is 14.0. The van der Waals surface area contributed by atoms with Gasteiger partial charge in [0, 0.05) is 5.69 Å². The predicted molar refractivity (Wildman–Crippen MR) is 96.3 cm³/mol. The molecule has 1 amide bonds. The third-order valence-electron chi connectivity index (χ3n) is 4.19. The number of anilines is 1. The van der Waals surface area contributed by atoms with Crippen LogP contribution in [0.5, 0.6) is 0 Å². The van der Waals surface area contributed by atoms with Crippen molar-refractivity contribution in [2.45, 2.75) is 33.1 Å². The fourth-order valence-corrected chi connectivity index (χ4v) is 2.75. The van der Waals surface area contributed by atoms with Gasteiger partial charge >= 0.3 is 0 Å². The van der Waals surface area contributed by atoms with E-state index in [1.165, 1.54) is 5.56 Å². The Bertz CT molecular complexity index is 856. The maximum Gasteiger partial charge on any atom is 0.235 e. The first kappa shape index (κ1) is 16.8. The van der Waals surface area contributed by atoms with Gasteiger partial charge in [0.05, 0.1) is 0 Å². The molecule has 6 heteroatoms. The minimum absolute atomic E-state index is 0.145. The number of carbonyl (C=O) groups excluding carboxylic acids is 1. The molecule has 2 N–H and O–H groups in total. The van der Waals surface area contributed by atoms with Gasteiger partial charge in [-0.25, -0.2) is 0 Å². The van der Waals surface area contributed by atoms with Gasteiger partial charge in [0.15, 0.2) is 5.82 Å². The maximum atomic E-state index is 12.9. The van der Waals surface area contributed by atoms with Gasteiger partial charge in [-0.2, -0.15) is 5.21 Å². The van der Waals surface area contributed by atoms with E-state index < -0.39 is 5.92 Å². The van der Waals surface area contributed by atoms with Crippen molar-refractivity contribution in [3.63, 3.8) is 0 Å². The average molecular weight is 335 g/mol. The SMILES string of the molecule is Cc1ccc(C[C@H](C(=O)Nc2ccc(C)cc2C)c2nn[nH]n2)cc1. The van der Waals surface area contributed by atoms with Crippen molar-refractivity contribution in [3.8, 4) is 0 Å². The molecule has 1 heterocycles. The molecule has 3 rings (SSSR count). The molecule has 0 aliphatic heterocycles. The smallest absolute Gasteiger partial charge is 0.235 e. The molecule has 0 saturated heterocycles. The molecule has 0 radical (unpaired) electrons. The van der Waals surface area contributed by atoms with Gasteiger partial charge in [-0.3, -0.25) is 4.79 Å². The Balaban J connectivity index is 1.83. The first-order valence-electron chi connectivity index (χ1n) is 8.20. The summed E-state index contributed by atoms with van der Waals surface area (Å²) in [6.07, 6.45) is 0.510. The topological polar surface area (TPSA) is 83.6 Å². The van der Waals surface area contributed by atoms with Crippen molar-refractivity contribution in [2.75, 3.05) is 5.32 Å². The van der Waals surface area contributed by atoms with Gasteiger partial charge in [-0.1, -0.05) is 52.7 Å². The number of nitrogens with one attached hydrogen (secondary N) is 2. The fraction of sp³-hybridized carbons (Fsp3) is 0.263. The fourth-order valence-electron chi connectivity index (χ4n) is 2.75. The Morgan fingerprint density at radius 3 is 2.44 bits per heavy atom. The van der Waals surface area contributed by atoms with Crippen LogP contribution in [-0.4, -0.2) is 26.5 Å². The highest BCUT2D eigenvalue weighted by atomic mass is 16.1. The van der Waals surface area contributed by atoms with Crippen LogP contribution in [0.2, 0.25) is 0 Å². The molecule has 1 atom stereocenters. The lowest BCUT2D eigenvalue weighted by Crippen LogP contribution is -2.24. The maximum absolute atomic E-state index is 12.9. The van der Waals surface area contributed by atoms with E-state index in [-0.39, 0.29) is 5.91 Å². The van der Waals surface area contributed by atoms with Crippen molar-refractivity contribution >= 4 is 11.6 Å². The number of aryl methyl sites for hydroxylation is 3. The van der Waals surface area contributed by atoms with Crippen molar-refractivity contribution < 1.29 is 4.79 Å². The molecule has 0 fully saturated rings. The standard InChI is InChI=1S/C19H21N5O/c1-12-4-7-15(8-5-12)11-16(18-21-23-24-22-18)19(25)20-17-9-6-13(2)10-14(17)3/h4-10,16H,11H2,1-3H3,(H,20,25)(H,21,22,23,24)/t16-/m0/s1. The number of aromatic amines is 1. The molecule has 0 aliphatic carbocycles. The molecule has 25 heavy (non-hydrogen) atoms. The number of benzene rings is 2. The number of hydrogen-bond donors (Lipinski definition) is 2. The highest BCUT2D eigenvalue weighted by molar-refractivity contribution is 5.96. The Kier molecular flexibility index (Phi) is 4.88. The molecule has 0 unspecified atom stereocenters. The van der Waals surface area contributed by atoms with E-state index in [2.05, 4.69) is 25.9 Å². The summed E-state index contributed by atoms with van der Waals surface area (Å²) in [4.78, 5) is 12.9. The molecule has 1 aromatic heterocycles. The quantitative estimate of drug-likeness (QED) is 0.750. The Morgan fingerprint density at radius 2 is 1.80 bits per heavy atom. The largest absolute Gasteiger partial charge is 0.325 e. The van der Waals surface area contributed by atoms with Crippen LogP contribution < -0.4 is 5.32 Å². The van der Waals surface area contributed by atoms with Crippen molar-refractivity contribution in [3.05, 3.63) is 70.5 Å². The number of rotatable bonds is 5. The van der Waals surface area contributed by atoms with Gasteiger partial charge < -0.3 is 5.32 Å². The summed E-state index contributed by atoms with van der Waals surface area (Å²) in [6.45, 7) is 6.04. The third-order valence-corrected chi connectivity index (χ3v) is 4.19. The van der Waals surface area contributed by atoms with Crippen LogP contribution in [-0.2, 0) is 11.2 Å². The minimum atomic E-state index is -0.512. The molecule has 0 aliphatic rings. The lowest BCUT2D eigenvalue weighted by atomic mass is 9.96.